The second kappa shape index (κ2) is 9.64. The van der Waals surface area contributed by atoms with Gasteiger partial charge in [-0.15, -0.1) is 0 Å². The molecule has 0 saturated carbocycles. The fraction of sp³-hybridized carbons (Fsp3) is 0.0345. The van der Waals surface area contributed by atoms with Crippen LogP contribution in [0.1, 0.15) is 16.7 Å². The molecule has 0 aliphatic rings. The number of hydrogen-bond donors (Lipinski definition) is 0. The maximum absolute atomic E-state index is 5.36. The minimum atomic E-state index is 0.834. The topological polar surface area (TPSA) is 12.5 Å². The Balaban J connectivity index is 1.88. The summed E-state index contributed by atoms with van der Waals surface area (Å²) in [6.45, 7) is 3.87. The number of ether oxygens (including phenoxy) is 1. The zero-order valence-corrected chi connectivity index (χ0v) is 17.6. The standard InChI is InChI=1S/C29H25NO/c1-3-23-14-16-26(17-15-23)30(27-18-20-28(31-2)21-19-27)22-29(24-10-6-4-7-11-24)25-12-8-5-9-13-25/h3-22H,1H2,2H3. The van der Waals surface area contributed by atoms with Gasteiger partial charge in [0, 0.05) is 23.1 Å². The largest absolute Gasteiger partial charge is 0.497 e. The van der Waals surface area contributed by atoms with E-state index in [2.05, 4.69) is 103 Å². The maximum atomic E-state index is 5.36. The van der Waals surface area contributed by atoms with Crippen molar-refractivity contribution in [1.29, 1.82) is 0 Å². The molecule has 0 fully saturated rings. The SMILES string of the molecule is C=Cc1ccc(N(C=C(c2ccccc2)c2ccccc2)c2ccc(OC)cc2)cc1. The van der Waals surface area contributed by atoms with E-state index in [0.717, 1.165) is 39.4 Å². The van der Waals surface area contributed by atoms with Gasteiger partial charge in [-0.25, -0.2) is 0 Å². The van der Waals surface area contributed by atoms with Crippen molar-refractivity contribution in [3.05, 3.63) is 139 Å². The van der Waals surface area contributed by atoms with Gasteiger partial charge in [0.1, 0.15) is 5.75 Å². The Morgan fingerprint density at radius 3 is 1.61 bits per heavy atom. The number of rotatable bonds is 7. The molecular formula is C29H25NO. The van der Waals surface area contributed by atoms with E-state index in [0.29, 0.717) is 0 Å². The summed E-state index contributed by atoms with van der Waals surface area (Å²) in [5.74, 6) is 0.834. The Labute approximate surface area is 184 Å². The van der Waals surface area contributed by atoms with Gasteiger partial charge in [0.15, 0.2) is 0 Å². The minimum absolute atomic E-state index is 0.834. The molecule has 152 valence electrons. The van der Waals surface area contributed by atoms with Crippen LogP contribution >= 0.6 is 0 Å². The summed E-state index contributed by atoms with van der Waals surface area (Å²) < 4.78 is 5.36. The predicted molar refractivity (Wildman–Crippen MR) is 132 cm³/mol. The normalized spacial score (nSPS) is 10.2. The molecular weight excluding hydrogens is 378 g/mol. The van der Waals surface area contributed by atoms with Crippen LogP contribution in [0.2, 0.25) is 0 Å². The Hall–Kier alpha value is -4.04. The quantitative estimate of drug-likeness (QED) is 0.315. The van der Waals surface area contributed by atoms with E-state index in [1.165, 1.54) is 0 Å². The van der Waals surface area contributed by atoms with E-state index in [4.69, 9.17) is 4.74 Å². The van der Waals surface area contributed by atoms with Gasteiger partial charge in [0.2, 0.25) is 0 Å². The number of nitrogens with zero attached hydrogens (tertiary/aromatic N) is 1. The van der Waals surface area contributed by atoms with Gasteiger partial charge >= 0.3 is 0 Å². The number of anilines is 2. The van der Waals surface area contributed by atoms with Crippen molar-refractivity contribution in [3.63, 3.8) is 0 Å². The van der Waals surface area contributed by atoms with Gasteiger partial charge in [0.25, 0.3) is 0 Å². The van der Waals surface area contributed by atoms with Gasteiger partial charge in [-0.05, 0) is 53.1 Å². The lowest BCUT2D eigenvalue weighted by molar-refractivity contribution is 0.415. The van der Waals surface area contributed by atoms with Crippen LogP contribution in [0.25, 0.3) is 11.6 Å². The van der Waals surface area contributed by atoms with Crippen LogP contribution in [0.5, 0.6) is 5.75 Å². The van der Waals surface area contributed by atoms with Crippen LogP contribution < -0.4 is 9.64 Å². The first-order valence-electron chi connectivity index (χ1n) is 10.3. The molecule has 0 aromatic heterocycles. The summed E-state index contributed by atoms with van der Waals surface area (Å²) in [6.07, 6.45) is 4.06. The Morgan fingerprint density at radius 2 is 1.16 bits per heavy atom. The Morgan fingerprint density at radius 1 is 0.677 bits per heavy atom. The monoisotopic (exact) mass is 403 g/mol. The molecule has 0 atom stereocenters. The molecule has 0 saturated heterocycles. The molecule has 0 unspecified atom stereocenters. The first-order valence-corrected chi connectivity index (χ1v) is 10.3. The molecule has 0 aliphatic heterocycles. The highest BCUT2D eigenvalue weighted by molar-refractivity contribution is 5.84. The van der Waals surface area contributed by atoms with Gasteiger partial charge < -0.3 is 9.64 Å². The van der Waals surface area contributed by atoms with Crippen molar-refractivity contribution < 1.29 is 4.74 Å². The number of benzene rings is 4. The van der Waals surface area contributed by atoms with E-state index < -0.39 is 0 Å². The van der Waals surface area contributed by atoms with Crippen molar-refractivity contribution in [2.24, 2.45) is 0 Å². The molecule has 2 heteroatoms. The van der Waals surface area contributed by atoms with E-state index in [-0.39, 0.29) is 0 Å². The van der Waals surface area contributed by atoms with Gasteiger partial charge in [-0.3, -0.25) is 0 Å². The zero-order valence-electron chi connectivity index (χ0n) is 17.6. The van der Waals surface area contributed by atoms with Crippen molar-refractivity contribution in [3.8, 4) is 5.75 Å². The number of hydrogen-bond acceptors (Lipinski definition) is 2. The van der Waals surface area contributed by atoms with Crippen molar-refractivity contribution >= 4 is 23.0 Å². The smallest absolute Gasteiger partial charge is 0.119 e. The average Bonchev–Trinajstić information content (AvgIpc) is 2.86. The van der Waals surface area contributed by atoms with Crippen LogP contribution in [0.4, 0.5) is 11.4 Å². The Kier molecular flexibility index (Phi) is 6.29. The maximum Gasteiger partial charge on any atom is 0.119 e. The molecule has 4 aromatic carbocycles. The third-order valence-corrected chi connectivity index (χ3v) is 5.19. The molecule has 0 radical (unpaired) electrons. The van der Waals surface area contributed by atoms with Crippen LogP contribution in [0.3, 0.4) is 0 Å². The second-order valence-electron chi connectivity index (χ2n) is 7.14. The highest BCUT2D eigenvalue weighted by atomic mass is 16.5. The fourth-order valence-electron chi connectivity index (χ4n) is 3.49. The lowest BCUT2D eigenvalue weighted by Crippen LogP contribution is -2.10. The summed E-state index contributed by atoms with van der Waals surface area (Å²) in [5.41, 5.74) is 6.68. The lowest BCUT2D eigenvalue weighted by atomic mass is 9.98. The predicted octanol–water partition coefficient (Wildman–Crippen LogP) is 7.57. The average molecular weight is 404 g/mol. The van der Waals surface area contributed by atoms with Crippen LogP contribution in [0, 0.1) is 0 Å². The van der Waals surface area contributed by atoms with Gasteiger partial charge in [0.05, 0.1) is 7.11 Å². The highest BCUT2D eigenvalue weighted by Gasteiger charge is 2.12. The van der Waals surface area contributed by atoms with Gasteiger partial charge in [-0.2, -0.15) is 0 Å². The molecule has 0 bridgehead atoms. The third kappa shape index (κ3) is 4.76. The van der Waals surface area contributed by atoms with Crippen molar-refractivity contribution in [2.75, 3.05) is 12.0 Å². The summed E-state index contributed by atoms with van der Waals surface area (Å²) in [7, 11) is 1.68. The molecule has 0 heterocycles. The molecule has 2 nitrogen and oxygen atoms in total. The molecule has 4 aromatic rings. The molecule has 0 amide bonds. The van der Waals surface area contributed by atoms with E-state index in [9.17, 15) is 0 Å². The Bertz CT molecular complexity index is 1100. The molecule has 0 N–H and O–H groups in total. The molecule has 0 aliphatic carbocycles. The molecule has 4 rings (SSSR count). The van der Waals surface area contributed by atoms with Crippen molar-refractivity contribution in [1.82, 2.24) is 0 Å². The molecule has 31 heavy (non-hydrogen) atoms. The highest BCUT2D eigenvalue weighted by Crippen LogP contribution is 2.32. The third-order valence-electron chi connectivity index (χ3n) is 5.19. The first-order chi connectivity index (χ1) is 15.3. The van der Waals surface area contributed by atoms with Crippen LogP contribution in [-0.2, 0) is 0 Å². The lowest BCUT2D eigenvalue weighted by Gasteiger charge is -2.24. The van der Waals surface area contributed by atoms with Crippen molar-refractivity contribution in [2.45, 2.75) is 0 Å². The van der Waals surface area contributed by atoms with Gasteiger partial charge in [-0.1, -0.05) is 85.5 Å². The van der Waals surface area contributed by atoms with Crippen LogP contribution in [0.15, 0.2) is 122 Å². The summed E-state index contributed by atoms with van der Waals surface area (Å²) >= 11 is 0. The fourth-order valence-corrected chi connectivity index (χ4v) is 3.49. The van der Waals surface area contributed by atoms with Crippen LogP contribution in [-0.4, -0.2) is 7.11 Å². The van der Waals surface area contributed by atoms with E-state index in [1.54, 1.807) is 7.11 Å². The first kappa shape index (κ1) is 20.2. The second-order valence-corrected chi connectivity index (χ2v) is 7.14. The summed E-state index contributed by atoms with van der Waals surface area (Å²) in [6, 6.07) is 37.5. The zero-order chi connectivity index (χ0) is 21.5. The van der Waals surface area contributed by atoms with E-state index >= 15 is 0 Å². The summed E-state index contributed by atoms with van der Waals surface area (Å²) in [4.78, 5) is 2.21. The number of methoxy groups -OCH3 is 1. The molecule has 0 spiro atoms. The van der Waals surface area contributed by atoms with E-state index in [1.807, 2.05) is 30.3 Å². The minimum Gasteiger partial charge on any atom is -0.497 e. The summed E-state index contributed by atoms with van der Waals surface area (Å²) in [5, 5.41) is 0.